The molecule has 0 aliphatic carbocycles. The Morgan fingerprint density at radius 3 is 2.65 bits per heavy atom. The standard InChI is InChI=1S/C17H26N6OS.HI/c1-13(2)16-20-15(12-25-16)10-19-17(18-3)23-7-5-22(6-8-23)11-14-4-9-24-21-14;/h4,9,12-13H,5-8,10-11H2,1-3H3,(H,18,19);1H. The van der Waals surface area contributed by atoms with Crippen molar-refractivity contribution >= 4 is 41.3 Å². The molecule has 26 heavy (non-hydrogen) atoms. The van der Waals surface area contributed by atoms with Crippen molar-refractivity contribution in [1.29, 1.82) is 0 Å². The van der Waals surface area contributed by atoms with Crippen molar-refractivity contribution in [1.82, 2.24) is 25.3 Å². The van der Waals surface area contributed by atoms with Crippen LogP contribution in [0.5, 0.6) is 0 Å². The van der Waals surface area contributed by atoms with Gasteiger partial charge in [0.15, 0.2) is 5.96 Å². The zero-order chi connectivity index (χ0) is 17.6. The summed E-state index contributed by atoms with van der Waals surface area (Å²) >= 11 is 1.73. The molecule has 2 aromatic heterocycles. The van der Waals surface area contributed by atoms with Crippen LogP contribution in [0.4, 0.5) is 0 Å². The monoisotopic (exact) mass is 490 g/mol. The second-order valence-electron chi connectivity index (χ2n) is 6.49. The molecule has 0 unspecified atom stereocenters. The third kappa shape index (κ3) is 5.65. The Labute approximate surface area is 175 Å². The number of aromatic nitrogens is 2. The van der Waals surface area contributed by atoms with Gasteiger partial charge >= 0.3 is 0 Å². The van der Waals surface area contributed by atoms with Gasteiger partial charge in [-0.15, -0.1) is 35.3 Å². The quantitative estimate of drug-likeness (QED) is 0.395. The predicted molar refractivity (Wildman–Crippen MR) is 115 cm³/mol. The van der Waals surface area contributed by atoms with Crippen LogP contribution in [0.25, 0.3) is 0 Å². The highest BCUT2D eigenvalue weighted by molar-refractivity contribution is 14.0. The predicted octanol–water partition coefficient (Wildman–Crippen LogP) is 2.77. The molecular formula is C17H27IN6OS. The summed E-state index contributed by atoms with van der Waals surface area (Å²) < 4.78 is 4.90. The Bertz CT molecular complexity index is 679. The van der Waals surface area contributed by atoms with Crippen LogP contribution < -0.4 is 5.32 Å². The van der Waals surface area contributed by atoms with Gasteiger partial charge in [0.25, 0.3) is 0 Å². The molecular weight excluding hydrogens is 463 g/mol. The first-order chi connectivity index (χ1) is 12.2. The fourth-order valence-electron chi connectivity index (χ4n) is 2.84. The van der Waals surface area contributed by atoms with Gasteiger partial charge in [-0.2, -0.15) is 0 Å². The summed E-state index contributed by atoms with van der Waals surface area (Å²) in [5.74, 6) is 1.43. The minimum Gasteiger partial charge on any atom is -0.364 e. The third-order valence-corrected chi connectivity index (χ3v) is 5.45. The minimum atomic E-state index is 0. The van der Waals surface area contributed by atoms with Crippen LogP contribution in [0, 0.1) is 0 Å². The first-order valence-electron chi connectivity index (χ1n) is 8.67. The van der Waals surface area contributed by atoms with Gasteiger partial charge in [-0.25, -0.2) is 4.98 Å². The average molecular weight is 490 g/mol. The second-order valence-corrected chi connectivity index (χ2v) is 7.38. The summed E-state index contributed by atoms with van der Waals surface area (Å²) in [6.45, 7) is 9.78. The molecule has 0 radical (unpaired) electrons. The van der Waals surface area contributed by atoms with Gasteiger partial charge in [0.2, 0.25) is 0 Å². The molecule has 2 aromatic rings. The van der Waals surface area contributed by atoms with Crippen molar-refractivity contribution in [3.8, 4) is 0 Å². The summed E-state index contributed by atoms with van der Waals surface area (Å²) in [6.07, 6.45) is 1.63. The molecule has 144 valence electrons. The Hall–Kier alpha value is -1.20. The van der Waals surface area contributed by atoms with Crippen LogP contribution in [0.15, 0.2) is 27.2 Å². The summed E-state index contributed by atoms with van der Waals surface area (Å²) in [5.41, 5.74) is 2.07. The molecule has 0 aromatic carbocycles. The number of aliphatic imine (C=N–C) groups is 1. The van der Waals surface area contributed by atoms with Crippen molar-refractivity contribution in [3.63, 3.8) is 0 Å². The molecule has 3 heterocycles. The first kappa shape index (κ1) is 21.1. The van der Waals surface area contributed by atoms with Gasteiger partial charge in [0.1, 0.15) is 6.26 Å². The highest BCUT2D eigenvalue weighted by atomic mass is 127. The average Bonchev–Trinajstić information content (AvgIpc) is 3.28. The highest BCUT2D eigenvalue weighted by Gasteiger charge is 2.20. The highest BCUT2D eigenvalue weighted by Crippen LogP contribution is 2.19. The summed E-state index contributed by atoms with van der Waals surface area (Å²) in [6, 6.07) is 1.92. The molecule has 1 N–H and O–H groups in total. The van der Waals surface area contributed by atoms with Gasteiger partial charge in [0.05, 0.1) is 22.9 Å². The SMILES string of the molecule is CN=C(NCc1csc(C(C)C)n1)N1CCN(Cc2ccon2)CC1.I. The van der Waals surface area contributed by atoms with Crippen molar-refractivity contribution in [2.24, 2.45) is 4.99 Å². The van der Waals surface area contributed by atoms with Gasteiger partial charge in [-0.3, -0.25) is 9.89 Å². The lowest BCUT2D eigenvalue weighted by atomic mass is 10.2. The third-order valence-electron chi connectivity index (χ3n) is 4.25. The first-order valence-corrected chi connectivity index (χ1v) is 9.55. The lowest BCUT2D eigenvalue weighted by Gasteiger charge is -2.36. The van der Waals surface area contributed by atoms with E-state index in [1.54, 1.807) is 17.6 Å². The Morgan fingerprint density at radius 1 is 1.31 bits per heavy atom. The molecule has 9 heteroatoms. The number of nitrogens with one attached hydrogen (secondary N) is 1. The van der Waals surface area contributed by atoms with E-state index in [0.29, 0.717) is 5.92 Å². The fourth-order valence-corrected chi connectivity index (χ4v) is 3.67. The second kappa shape index (κ2) is 10.2. The van der Waals surface area contributed by atoms with Crippen LogP contribution in [0.1, 0.15) is 36.2 Å². The van der Waals surface area contributed by atoms with E-state index >= 15 is 0 Å². The topological polar surface area (TPSA) is 69.8 Å². The lowest BCUT2D eigenvalue weighted by Crippen LogP contribution is -2.52. The van der Waals surface area contributed by atoms with Crippen LogP contribution in [-0.2, 0) is 13.1 Å². The summed E-state index contributed by atoms with van der Waals surface area (Å²) in [5, 5.41) is 10.7. The fraction of sp³-hybridized carbons (Fsp3) is 0.588. The maximum absolute atomic E-state index is 4.90. The van der Waals surface area contributed by atoms with Crippen molar-refractivity contribution in [3.05, 3.63) is 34.1 Å². The number of guanidine groups is 1. The lowest BCUT2D eigenvalue weighted by molar-refractivity contribution is 0.169. The van der Waals surface area contributed by atoms with E-state index < -0.39 is 0 Å². The van der Waals surface area contributed by atoms with Crippen molar-refractivity contribution < 1.29 is 4.52 Å². The molecule has 0 bridgehead atoms. The number of rotatable bonds is 5. The van der Waals surface area contributed by atoms with E-state index in [0.717, 1.165) is 56.6 Å². The number of thiazole rings is 1. The van der Waals surface area contributed by atoms with Crippen molar-refractivity contribution in [2.45, 2.75) is 32.9 Å². The van der Waals surface area contributed by atoms with Gasteiger partial charge < -0.3 is 14.7 Å². The number of halogens is 1. The molecule has 1 aliphatic rings. The molecule has 3 rings (SSSR count). The molecule has 0 spiro atoms. The molecule has 0 saturated carbocycles. The van der Waals surface area contributed by atoms with E-state index in [1.807, 2.05) is 13.1 Å². The number of hydrogen-bond acceptors (Lipinski definition) is 6. The molecule has 1 fully saturated rings. The molecule has 7 nitrogen and oxygen atoms in total. The Morgan fingerprint density at radius 2 is 2.08 bits per heavy atom. The molecule has 0 amide bonds. The van der Waals surface area contributed by atoms with Crippen LogP contribution in [-0.4, -0.2) is 59.1 Å². The van der Waals surface area contributed by atoms with Crippen LogP contribution in [0.2, 0.25) is 0 Å². The maximum Gasteiger partial charge on any atom is 0.194 e. The van der Waals surface area contributed by atoms with Crippen LogP contribution in [0.3, 0.4) is 0 Å². The maximum atomic E-state index is 4.90. The Balaban J connectivity index is 0.00000243. The largest absolute Gasteiger partial charge is 0.364 e. The van der Waals surface area contributed by atoms with E-state index in [1.165, 1.54) is 5.01 Å². The molecule has 1 saturated heterocycles. The van der Waals surface area contributed by atoms with Gasteiger partial charge in [-0.1, -0.05) is 19.0 Å². The smallest absolute Gasteiger partial charge is 0.194 e. The molecule has 1 aliphatic heterocycles. The van der Waals surface area contributed by atoms with Gasteiger partial charge in [0, 0.05) is 57.1 Å². The minimum absolute atomic E-state index is 0. The van der Waals surface area contributed by atoms with E-state index in [2.05, 4.69) is 49.5 Å². The zero-order valence-corrected chi connectivity index (χ0v) is 18.7. The van der Waals surface area contributed by atoms with E-state index in [9.17, 15) is 0 Å². The van der Waals surface area contributed by atoms with Crippen molar-refractivity contribution in [2.75, 3.05) is 33.2 Å². The number of piperazine rings is 1. The normalized spacial score (nSPS) is 16.0. The van der Waals surface area contributed by atoms with E-state index in [4.69, 9.17) is 4.52 Å². The van der Waals surface area contributed by atoms with Crippen LogP contribution >= 0.6 is 35.3 Å². The van der Waals surface area contributed by atoms with E-state index in [-0.39, 0.29) is 24.0 Å². The Kier molecular flexibility index (Phi) is 8.29. The number of nitrogens with zero attached hydrogens (tertiary/aromatic N) is 5. The summed E-state index contributed by atoms with van der Waals surface area (Å²) in [4.78, 5) is 13.8. The van der Waals surface area contributed by atoms with Gasteiger partial charge in [-0.05, 0) is 0 Å². The number of hydrogen-bond donors (Lipinski definition) is 1. The zero-order valence-electron chi connectivity index (χ0n) is 15.5. The summed E-state index contributed by atoms with van der Waals surface area (Å²) in [7, 11) is 1.84. The molecule has 0 atom stereocenters.